The molecule has 0 fully saturated rings. The zero-order valence-electron chi connectivity index (χ0n) is 7.20. The van der Waals surface area contributed by atoms with E-state index in [2.05, 4.69) is 22.5 Å². The molecule has 1 aromatic carbocycles. The van der Waals surface area contributed by atoms with Gasteiger partial charge in [0.25, 0.3) is 6.29 Å². The lowest BCUT2D eigenvalue weighted by molar-refractivity contribution is 0.0950. The standard InChI is InChI=1S/C10H7BrO3/c1-2-8-13-7-4-3-6(5-12)9(11)10(7)14-8/h2-5,8H,1H2. The Balaban J connectivity index is 2.47. The first kappa shape index (κ1) is 9.27. The summed E-state index contributed by atoms with van der Waals surface area (Å²) in [5.74, 6) is 1.17. The topological polar surface area (TPSA) is 35.5 Å². The summed E-state index contributed by atoms with van der Waals surface area (Å²) >= 11 is 3.28. The minimum Gasteiger partial charge on any atom is -0.447 e. The zero-order chi connectivity index (χ0) is 10.1. The minimum absolute atomic E-state index is 0.469. The molecule has 0 aliphatic carbocycles. The SMILES string of the molecule is C=CC1Oc2ccc(C=O)c(Br)c2O1. The molecule has 0 aromatic heterocycles. The van der Waals surface area contributed by atoms with E-state index in [1.807, 2.05) is 0 Å². The van der Waals surface area contributed by atoms with Gasteiger partial charge in [-0.2, -0.15) is 0 Å². The van der Waals surface area contributed by atoms with Crippen LogP contribution in [0.3, 0.4) is 0 Å². The molecular formula is C10H7BrO3. The summed E-state index contributed by atoms with van der Waals surface area (Å²) in [5.41, 5.74) is 0.539. The van der Waals surface area contributed by atoms with E-state index in [4.69, 9.17) is 9.47 Å². The summed E-state index contributed by atoms with van der Waals surface area (Å²) in [6.45, 7) is 3.56. The van der Waals surface area contributed by atoms with Gasteiger partial charge in [-0.05, 0) is 34.1 Å². The Labute approximate surface area is 89.5 Å². The monoisotopic (exact) mass is 254 g/mol. The lowest BCUT2D eigenvalue weighted by atomic mass is 10.2. The third-order valence-corrected chi connectivity index (χ3v) is 2.71. The quantitative estimate of drug-likeness (QED) is 0.601. The maximum Gasteiger partial charge on any atom is 0.260 e. The van der Waals surface area contributed by atoms with Gasteiger partial charge in [0.05, 0.1) is 4.47 Å². The normalized spacial score (nSPS) is 17.9. The summed E-state index contributed by atoms with van der Waals surface area (Å²) in [6, 6.07) is 3.37. The molecule has 1 atom stereocenters. The summed E-state index contributed by atoms with van der Waals surface area (Å²) in [6.07, 6.45) is 1.84. The van der Waals surface area contributed by atoms with Crippen LogP contribution in [0.2, 0.25) is 0 Å². The van der Waals surface area contributed by atoms with Gasteiger partial charge in [0.1, 0.15) is 0 Å². The molecule has 1 aromatic rings. The molecule has 0 bridgehead atoms. The highest BCUT2D eigenvalue weighted by molar-refractivity contribution is 9.10. The molecule has 0 N–H and O–H groups in total. The van der Waals surface area contributed by atoms with Gasteiger partial charge in [0.15, 0.2) is 17.8 Å². The van der Waals surface area contributed by atoms with Gasteiger partial charge in [-0.15, -0.1) is 0 Å². The molecule has 0 spiro atoms. The van der Waals surface area contributed by atoms with Crippen molar-refractivity contribution in [2.24, 2.45) is 0 Å². The van der Waals surface area contributed by atoms with Crippen molar-refractivity contribution in [3.05, 3.63) is 34.8 Å². The van der Waals surface area contributed by atoms with Crippen LogP contribution in [-0.4, -0.2) is 12.6 Å². The van der Waals surface area contributed by atoms with Gasteiger partial charge in [-0.3, -0.25) is 4.79 Å². The van der Waals surface area contributed by atoms with Crippen LogP contribution in [0, 0.1) is 0 Å². The highest BCUT2D eigenvalue weighted by Crippen LogP contribution is 2.42. The minimum atomic E-state index is -0.469. The summed E-state index contributed by atoms with van der Waals surface area (Å²) in [4.78, 5) is 10.6. The van der Waals surface area contributed by atoms with Crippen LogP contribution >= 0.6 is 15.9 Å². The van der Waals surface area contributed by atoms with E-state index < -0.39 is 6.29 Å². The fraction of sp³-hybridized carbons (Fsp3) is 0.100. The lowest BCUT2D eigenvalue weighted by Gasteiger charge is -2.02. The van der Waals surface area contributed by atoms with Gasteiger partial charge in [-0.25, -0.2) is 0 Å². The van der Waals surface area contributed by atoms with Crippen LogP contribution in [0.1, 0.15) is 10.4 Å². The predicted molar refractivity (Wildman–Crippen MR) is 54.8 cm³/mol. The highest BCUT2D eigenvalue weighted by Gasteiger charge is 2.25. The van der Waals surface area contributed by atoms with Crippen LogP contribution in [0.4, 0.5) is 0 Å². The number of carbonyl (C=O) groups is 1. The van der Waals surface area contributed by atoms with E-state index >= 15 is 0 Å². The Morgan fingerprint density at radius 2 is 2.21 bits per heavy atom. The molecule has 2 rings (SSSR count). The van der Waals surface area contributed by atoms with Crippen molar-refractivity contribution < 1.29 is 14.3 Å². The molecule has 1 unspecified atom stereocenters. The van der Waals surface area contributed by atoms with E-state index in [1.54, 1.807) is 18.2 Å². The molecular weight excluding hydrogens is 248 g/mol. The molecule has 3 nitrogen and oxygen atoms in total. The van der Waals surface area contributed by atoms with Gasteiger partial charge >= 0.3 is 0 Å². The van der Waals surface area contributed by atoms with Crippen molar-refractivity contribution in [2.45, 2.75) is 6.29 Å². The molecule has 14 heavy (non-hydrogen) atoms. The van der Waals surface area contributed by atoms with E-state index in [-0.39, 0.29) is 0 Å². The number of hydrogen-bond acceptors (Lipinski definition) is 3. The molecule has 4 heteroatoms. The maximum absolute atomic E-state index is 10.6. The largest absolute Gasteiger partial charge is 0.447 e. The van der Waals surface area contributed by atoms with Gasteiger partial charge in [-0.1, -0.05) is 6.58 Å². The van der Waals surface area contributed by atoms with Gasteiger partial charge in [0, 0.05) is 5.56 Å². The number of halogens is 1. The third-order valence-electron chi connectivity index (χ3n) is 1.89. The third kappa shape index (κ3) is 1.32. The molecule has 0 amide bonds. The predicted octanol–water partition coefficient (Wildman–Crippen LogP) is 2.54. The number of aldehydes is 1. The number of rotatable bonds is 2. The Morgan fingerprint density at radius 1 is 1.43 bits per heavy atom. The molecule has 1 aliphatic heterocycles. The second-order valence-corrected chi connectivity index (χ2v) is 3.55. The first-order chi connectivity index (χ1) is 6.76. The Kier molecular flexibility index (Phi) is 2.29. The molecule has 1 heterocycles. The number of hydrogen-bond donors (Lipinski definition) is 0. The van der Waals surface area contributed by atoms with Gasteiger partial charge < -0.3 is 9.47 Å². The van der Waals surface area contributed by atoms with Crippen LogP contribution in [0.5, 0.6) is 11.5 Å². The smallest absolute Gasteiger partial charge is 0.260 e. The fourth-order valence-electron chi connectivity index (χ4n) is 1.21. The maximum atomic E-state index is 10.6. The van der Waals surface area contributed by atoms with E-state index in [1.165, 1.54) is 0 Å². The highest BCUT2D eigenvalue weighted by atomic mass is 79.9. The van der Waals surface area contributed by atoms with Crippen LogP contribution < -0.4 is 9.47 Å². The number of carbonyl (C=O) groups excluding carboxylic acids is 1. The van der Waals surface area contributed by atoms with Crippen molar-refractivity contribution >= 4 is 22.2 Å². The van der Waals surface area contributed by atoms with Crippen LogP contribution in [0.25, 0.3) is 0 Å². The van der Waals surface area contributed by atoms with Crippen molar-refractivity contribution in [2.75, 3.05) is 0 Å². The molecule has 0 radical (unpaired) electrons. The molecule has 0 saturated carbocycles. The number of benzene rings is 1. The Morgan fingerprint density at radius 3 is 2.86 bits per heavy atom. The van der Waals surface area contributed by atoms with E-state index in [0.717, 1.165) is 6.29 Å². The van der Waals surface area contributed by atoms with Crippen molar-refractivity contribution in [1.29, 1.82) is 0 Å². The Hall–Kier alpha value is -1.29. The second-order valence-electron chi connectivity index (χ2n) is 2.75. The molecule has 72 valence electrons. The summed E-state index contributed by atoms with van der Waals surface area (Å²) < 4.78 is 11.4. The van der Waals surface area contributed by atoms with E-state index in [0.29, 0.717) is 21.5 Å². The zero-order valence-corrected chi connectivity index (χ0v) is 8.78. The molecule has 1 aliphatic rings. The van der Waals surface area contributed by atoms with Crippen LogP contribution in [0.15, 0.2) is 29.3 Å². The van der Waals surface area contributed by atoms with Gasteiger partial charge in [0.2, 0.25) is 0 Å². The molecule has 0 saturated heterocycles. The van der Waals surface area contributed by atoms with Crippen molar-refractivity contribution in [3.8, 4) is 11.5 Å². The van der Waals surface area contributed by atoms with E-state index in [9.17, 15) is 4.79 Å². The first-order valence-electron chi connectivity index (χ1n) is 4.00. The average molecular weight is 255 g/mol. The average Bonchev–Trinajstić information content (AvgIpc) is 2.62. The Bertz CT molecular complexity index is 401. The lowest BCUT2D eigenvalue weighted by Crippen LogP contribution is -2.13. The van der Waals surface area contributed by atoms with Crippen molar-refractivity contribution in [1.82, 2.24) is 0 Å². The summed E-state index contributed by atoms with van der Waals surface area (Å²) in [7, 11) is 0. The van der Waals surface area contributed by atoms with Crippen molar-refractivity contribution in [3.63, 3.8) is 0 Å². The number of fused-ring (bicyclic) bond motifs is 1. The second kappa shape index (κ2) is 3.46. The summed E-state index contributed by atoms with van der Waals surface area (Å²) in [5, 5.41) is 0. The fourth-order valence-corrected chi connectivity index (χ4v) is 1.72. The number of ether oxygens (including phenoxy) is 2. The first-order valence-corrected chi connectivity index (χ1v) is 4.79. The van der Waals surface area contributed by atoms with Crippen LogP contribution in [-0.2, 0) is 0 Å².